The van der Waals surface area contributed by atoms with E-state index in [9.17, 15) is 0 Å². The molecule has 2 nitrogen and oxygen atoms in total. The van der Waals surface area contributed by atoms with Crippen molar-refractivity contribution >= 4 is 11.8 Å². The van der Waals surface area contributed by atoms with Crippen LogP contribution in [0.4, 0.5) is 0 Å². The lowest BCUT2D eigenvalue weighted by molar-refractivity contribution is 0.466. The van der Waals surface area contributed by atoms with Crippen molar-refractivity contribution in [2.45, 2.75) is 18.4 Å². The van der Waals surface area contributed by atoms with Crippen molar-refractivity contribution in [3.8, 4) is 0 Å². The third-order valence-corrected chi connectivity index (χ3v) is 3.40. The van der Waals surface area contributed by atoms with Gasteiger partial charge in [-0.05, 0) is 31.2 Å². The summed E-state index contributed by atoms with van der Waals surface area (Å²) < 4.78 is 5.48. The molecule has 2 rings (SSSR count). The highest BCUT2D eigenvalue weighted by Crippen LogP contribution is 2.15. The monoisotopic (exact) mass is 247 g/mol. The van der Waals surface area contributed by atoms with Gasteiger partial charge in [0.05, 0.1) is 6.54 Å². The number of furan rings is 1. The molecule has 1 aromatic heterocycles. The third kappa shape index (κ3) is 4.29. The van der Waals surface area contributed by atoms with E-state index < -0.39 is 0 Å². The molecule has 0 unspecified atom stereocenters. The van der Waals surface area contributed by atoms with Gasteiger partial charge >= 0.3 is 0 Å². The van der Waals surface area contributed by atoms with Crippen molar-refractivity contribution in [1.29, 1.82) is 0 Å². The lowest BCUT2D eigenvalue weighted by Gasteiger charge is -2.03. The lowest BCUT2D eigenvalue weighted by atomic mass is 10.4. The first-order valence-electron chi connectivity index (χ1n) is 5.78. The summed E-state index contributed by atoms with van der Waals surface area (Å²) in [6, 6.07) is 14.5. The summed E-state index contributed by atoms with van der Waals surface area (Å²) in [5.74, 6) is 3.05. The molecule has 17 heavy (non-hydrogen) atoms. The first kappa shape index (κ1) is 12.3. The van der Waals surface area contributed by atoms with Crippen molar-refractivity contribution in [2.24, 2.45) is 0 Å². The minimum atomic E-state index is 0.809. The second-order valence-corrected chi connectivity index (χ2v) is 5.02. The quantitative estimate of drug-likeness (QED) is 0.625. The Kier molecular flexibility index (Phi) is 4.71. The smallest absolute Gasteiger partial charge is 0.117 e. The average molecular weight is 247 g/mol. The standard InChI is InChI=1S/C14H17NOS/c1-12-7-8-13(16-12)11-15-9-10-17-14-5-3-2-4-6-14/h2-8,15H,9-11H2,1H3. The van der Waals surface area contributed by atoms with Crippen LogP contribution < -0.4 is 5.32 Å². The zero-order valence-electron chi connectivity index (χ0n) is 9.98. The van der Waals surface area contributed by atoms with Crippen LogP contribution in [-0.4, -0.2) is 12.3 Å². The fourth-order valence-corrected chi connectivity index (χ4v) is 2.38. The van der Waals surface area contributed by atoms with Crippen molar-refractivity contribution in [2.75, 3.05) is 12.3 Å². The van der Waals surface area contributed by atoms with Gasteiger partial charge in [0.25, 0.3) is 0 Å². The van der Waals surface area contributed by atoms with Crippen LogP contribution >= 0.6 is 11.8 Å². The van der Waals surface area contributed by atoms with Gasteiger partial charge in [-0.15, -0.1) is 11.8 Å². The molecule has 1 aromatic carbocycles. The van der Waals surface area contributed by atoms with E-state index in [1.165, 1.54) is 4.90 Å². The largest absolute Gasteiger partial charge is 0.465 e. The molecule has 90 valence electrons. The molecule has 0 amide bonds. The van der Waals surface area contributed by atoms with E-state index in [1.54, 1.807) is 0 Å². The number of hydrogen-bond donors (Lipinski definition) is 1. The molecule has 1 heterocycles. The van der Waals surface area contributed by atoms with Crippen LogP contribution in [0.3, 0.4) is 0 Å². The van der Waals surface area contributed by atoms with Gasteiger partial charge in [-0.3, -0.25) is 0 Å². The highest BCUT2D eigenvalue weighted by molar-refractivity contribution is 7.99. The topological polar surface area (TPSA) is 25.2 Å². The van der Waals surface area contributed by atoms with Crippen molar-refractivity contribution in [3.63, 3.8) is 0 Å². The highest BCUT2D eigenvalue weighted by atomic mass is 32.2. The fourth-order valence-electron chi connectivity index (χ4n) is 1.55. The van der Waals surface area contributed by atoms with Gasteiger partial charge in [-0.25, -0.2) is 0 Å². The van der Waals surface area contributed by atoms with Crippen LogP contribution in [0.25, 0.3) is 0 Å². The molecule has 3 heteroatoms. The number of benzene rings is 1. The van der Waals surface area contributed by atoms with Gasteiger partial charge in [0.2, 0.25) is 0 Å². The van der Waals surface area contributed by atoms with Crippen LogP contribution in [0.15, 0.2) is 51.8 Å². The number of aryl methyl sites for hydroxylation is 1. The number of nitrogens with one attached hydrogen (secondary N) is 1. The molecule has 2 aromatic rings. The Bertz CT molecular complexity index is 438. The number of hydrogen-bond acceptors (Lipinski definition) is 3. The first-order valence-corrected chi connectivity index (χ1v) is 6.77. The van der Waals surface area contributed by atoms with E-state index in [-0.39, 0.29) is 0 Å². The molecule has 0 radical (unpaired) electrons. The van der Waals surface area contributed by atoms with E-state index in [0.29, 0.717) is 0 Å². The van der Waals surface area contributed by atoms with Gasteiger partial charge in [0.15, 0.2) is 0 Å². The summed E-state index contributed by atoms with van der Waals surface area (Å²) in [7, 11) is 0. The van der Waals surface area contributed by atoms with Crippen LogP contribution in [0, 0.1) is 6.92 Å². The molecular weight excluding hydrogens is 230 g/mol. The van der Waals surface area contributed by atoms with Crippen molar-refractivity contribution in [3.05, 3.63) is 54.0 Å². The van der Waals surface area contributed by atoms with E-state index in [2.05, 4.69) is 29.6 Å². The summed E-state index contributed by atoms with van der Waals surface area (Å²) in [4.78, 5) is 1.32. The molecule has 0 aliphatic rings. The van der Waals surface area contributed by atoms with Gasteiger partial charge in [-0.1, -0.05) is 18.2 Å². The Morgan fingerprint density at radius 3 is 2.65 bits per heavy atom. The Morgan fingerprint density at radius 2 is 1.94 bits per heavy atom. The zero-order chi connectivity index (χ0) is 11.9. The molecule has 0 saturated heterocycles. The van der Waals surface area contributed by atoms with E-state index in [4.69, 9.17) is 4.42 Å². The van der Waals surface area contributed by atoms with E-state index in [0.717, 1.165) is 30.4 Å². The Hall–Kier alpha value is -1.19. The Morgan fingerprint density at radius 1 is 1.12 bits per heavy atom. The maximum atomic E-state index is 5.48. The minimum Gasteiger partial charge on any atom is -0.465 e. The van der Waals surface area contributed by atoms with Gasteiger partial charge < -0.3 is 9.73 Å². The molecule has 0 atom stereocenters. The summed E-state index contributed by atoms with van der Waals surface area (Å²) in [5, 5.41) is 3.37. The van der Waals surface area contributed by atoms with Gasteiger partial charge in [0, 0.05) is 17.2 Å². The summed E-state index contributed by atoms with van der Waals surface area (Å²) in [5.41, 5.74) is 0. The second kappa shape index (κ2) is 6.52. The predicted molar refractivity (Wildman–Crippen MR) is 72.3 cm³/mol. The Balaban J connectivity index is 1.61. The van der Waals surface area contributed by atoms with Crippen molar-refractivity contribution in [1.82, 2.24) is 5.32 Å². The molecule has 0 saturated carbocycles. The normalized spacial score (nSPS) is 10.6. The van der Waals surface area contributed by atoms with Crippen LogP contribution in [0.2, 0.25) is 0 Å². The SMILES string of the molecule is Cc1ccc(CNCCSc2ccccc2)o1. The first-order chi connectivity index (χ1) is 8.34. The van der Waals surface area contributed by atoms with Gasteiger partial charge in [-0.2, -0.15) is 0 Å². The third-order valence-electron chi connectivity index (χ3n) is 2.39. The molecule has 0 spiro atoms. The molecular formula is C14H17NOS. The van der Waals surface area contributed by atoms with Crippen LogP contribution in [-0.2, 0) is 6.54 Å². The second-order valence-electron chi connectivity index (χ2n) is 3.85. The molecule has 0 aliphatic carbocycles. The van der Waals surface area contributed by atoms with Crippen LogP contribution in [0.5, 0.6) is 0 Å². The molecule has 0 fully saturated rings. The van der Waals surface area contributed by atoms with E-state index >= 15 is 0 Å². The summed E-state index contributed by atoms with van der Waals surface area (Å²) in [6.45, 7) is 3.76. The predicted octanol–water partition coefficient (Wildman–Crippen LogP) is 3.47. The molecule has 0 bridgehead atoms. The minimum absolute atomic E-state index is 0.809. The molecule has 1 N–H and O–H groups in total. The van der Waals surface area contributed by atoms with Crippen molar-refractivity contribution < 1.29 is 4.42 Å². The molecule has 0 aliphatic heterocycles. The maximum Gasteiger partial charge on any atom is 0.117 e. The maximum absolute atomic E-state index is 5.48. The fraction of sp³-hybridized carbons (Fsp3) is 0.286. The zero-order valence-corrected chi connectivity index (χ0v) is 10.8. The van der Waals surface area contributed by atoms with Crippen LogP contribution in [0.1, 0.15) is 11.5 Å². The number of rotatable bonds is 6. The Labute approximate surface area is 106 Å². The average Bonchev–Trinajstić information content (AvgIpc) is 2.76. The highest BCUT2D eigenvalue weighted by Gasteiger charge is 1.97. The summed E-state index contributed by atoms with van der Waals surface area (Å²) >= 11 is 1.87. The van der Waals surface area contributed by atoms with Gasteiger partial charge in [0.1, 0.15) is 11.5 Å². The van der Waals surface area contributed by atoms with E-state index in [1.807, 2.05) is 36.9 Å². The lowest BCUT2D eigenvalue weighted by Crippen LogP contribution is -2.15. The number of thioether (sulfide) groups is 1. The summed E-state index contributed by atoms with van der Waals surface area (Å²) in [6.07, 6.45) is 0.